The number of aliphatic hydroxyl groups excluding tert-OH is 1. The number of nitrogens with zero attached hydrogens (tertiary/aromatic N) is 2. The SMILES string of the molecule is COC1=N[C@H](C(C)C)C(C)=N[C@H]1[C@H](O)C(C)C. The Hall–Kier alpha value is -0.900. The maximum absolute atomic E-state index is 10.1. The van der Waals surface area contributed by atoms with Crippen LogP contribution < -0.4 is 0 Å². The largest absolute Gasteiger partial charge is 0.483 e. The molecule has 0 bridgehead atoms. The predicted molar refractivity (Wildman–Crippen MR) is 70.8 cm³/mol. The van der Waals surface area contributed by atoms with Gasteiger partial charge < -0.3 is 9.84 Å². The molecule has 0 amide bonds. The molecule has 0 radical (unpaired) electrons. The molecule has 3 atom stereocenters. The van der Waals surface area contributed by atoms with Crippen LogP contribution in [0.1, 0.15) is 34.6 Å². The molecule has 0 unspecified atom stereocenters. The smallest absolute Gasteiger partial charge is 0.211 e. The van der Waals surface area contributed by atoms with Gasteiger partial charge in [0.15, 0.2) is 6.04 Å². The summed E-state index contributed by atoms with van der Waals surface area (Å²) in [6.07, 6.45) is -0.545. The number of hydrogen-bond acceptors (Lipinski definition) is 4. The molecule has 0 aromatic rings. The molecule has 17 heavy (non-hydrogen) atoms. The Balaban J connectivity index is 2.99. The standard InChI is InChI=1S/C13H24N2O2/c1-7(2)10-9(5)14-11(12(16)8(3)4)13(15-10)17-6/h7-8,10-12,16H,1-6H3/t10-,11+,12-/m1/s1. The van der Waals surface area contributed by atoms with Gasteiger partial charge in [0.1, 0.15) is 0 Å². The summed E-state index contributed by atoms with van der Waals surface area (Å²) in [7, 11) is 1.59. The van der Waals surface area contributed by atoms with E-state index in [4.69, 9.17) is 4.74 Å². The van der Waals surface area contributed by atoms with Crippen molar-refractivity contribution >= 4 is 11.6 Å². The summed E-state index contributed by atoms with van der Waals surface area (Å²) >= 11 is 0. The minimum Gasteiger partial charge on any atom is -0.483 e. The number of rotatable bonds is 3. The van der Waals surface area contributed by atoms with Gasteiger partial charge >= 0.3 is 0 Å². The first kappa shape index (κ1) is 14.2. The molecule has 1 aliphatic heterocycles. The monoisotopic (exact) mass is 240 g/mol. The van der Waals surface area contributed by atoms with E-state index in [0.717, 1.165) is 5.71 Å². The Bertz CT molecular complexity index is 321. The summed E-state index contributed by atoms with van der Waals surface area (Å²) < 4.78 is 5.29. The van der Waals surface area contributed by atoms with E-state index in [2.05, 4.69) is 23.8 Å². The van der Waals surface area contributed by atoms with Gasteiger partial charge in [-0.05, 0) is 18.8 Å². The van der Waals surface area contributed by atoms with Crippen LogP contribution in [-0.2, 0) is 4.74 Å². The van der Waals surface area contributed by atoms with E-state index in [1.807, 2.05) is 20.8 Å². The van der Waals surface area contributed by atoms with E-state index in [-0.39, 0.29) is 18.0 Å². The first-order valence-electron chi connectivity index (χ1n) is 6.22. The quantitative estimate of drug-likeness (QED) is 0.819. The van der Waals surface area contributed by atoms with E-state index in [0.29, 0.717) is 11.8 Å². The van der Waals surface area contributed by atoms with E-state index < -0.39 is 6.10 Å². The highest BCUT2D eigenvalue weighted by Gasteiger charge is 2.33. The number of aliphatic hydroxyl groups is 1. The van der Waals surface area contributed by atoms with Crippen molar-refractivity contribution in [1.29, 1.82) is 0 Å². The molecule has 0 aromatic carbocycles. The van der Waals surface area contributed by atoms with Gasteiger partial charge in [-0.15, -0.1) is 0 Å². The zero-order chi connectivity index (χ0) is 13.2. The highest BCUT2D eigenvalue weighted by molar-refractivity contribution is 5.97. The number of ether oxygens (including phenoxy) is 1. The fourth-order valence-corrected chi connectivity index (χ4v) is 2.05. The summed E-state index contributed by atoms with van der Waals surface area (Å²) in [6.45, 7) is 10.1. The molecule has 0 aromatic heterocycles. The zero-order valence-corrected chi connectivity index (χ0v) is 11.6. The lowest BCUT2D eigenvalue weighted by atomic mass is 9.95. The third kappa shape index (κ3) is 3.06. The molecule has 1 aliphatic rings. The molecule has 0 aliphatic carbocycles. The second-order valence-corrected chi connectivity index (χ2v) is 5.31. The summed E-state index contributed by atoms with van der Waals surface area (Å²) in [5.41, 5.74) is 0.977. The van der Waals surface area contributed by atoms with Crippen LogP contribution in [0.15, 0.2) is 9.98 Å². The first-order valence-corrected chi connectivity index (χ1v) is 6.22. The van der Waals surface area contributed by atoms with Crippen LogP contribution in [0.4, 0.5) is 0 Å². The summed E-state index contributed by atoms with van der Waals surface area (Å²) in [6, 6.07) is -0.282. The predicted octanol–water partition coefficient (Wildman–Crippen LogP) is 1.92. The summed E-state index contributed by atoms with van der Waals surface area (Å²) in [4.78, 5) is 9.14. The lowest BCUT2D eigenvalue weighted by molar-refractivity contribution is 0.110. The molecule has 1 rings (SSSR count). The Morgan fingerprint density at radius 3 is 2.12 bits per heavy atom. The third-order valence-corrected chi connectivity index (χ3v) is 3.14. The van der Waals surface area contributed by atoms with Gasteiger partial charge in [-0.1, -0.05) is 27.7 Å². The van der Waals surface area contributed by atoms with E-state index in [9.17, 15) is 5.11 Å². The van der Waals surface area contributed by atoms with Crippen LogP contribution in [0, 0.1) is 11.8 Å². The normalized spacial score (nSPS) is 26.9. The van der Waals surface area contributed by atoms with Crippen LogP contribution in [0.25, 0.3) is 0 Å². The number of hydrogen-bond donors (Lipinski definition) is 1. The van der Waals surface area contributed by atoms with Crippen LogP contribution in [-0.4, -0.2) is 42.0 Å². The minimum atomic E-state index is -0.545. The fourth-order valence-electron chi connectivity index (χ4n) is 2.05. The molecule has 0 saturated heterocycles. The number of methoxy groups -OCH3 is 1. The molecular weight excluding hydrogens is 216 g/mol. The van der Waals surface area contributed by atoms with Gasteiger partial charge in [-0.2, -0.15) is 0 Å². The molecule has 1 heterocycles. The van der Waals surface area contributed by atoms with Crippen molar-refractivity contribution in [3.63, 3.8) is 0 Å². The van der Waals surface area contributed by atoms with Gasteiger partial charge in [0.05, 0.1) is 19.3 Å². The highest BCUT2D eigenvalue weighted by atomic mass is 16.5. The van der Waals surface area contributed by atoms with E-state index in [1.54, 1.807) is 7.11 Å². The van der Waals surface area contributed by atoms with Gasteiger partial charge in [-0.3, -0.25) is 4.99 Å². The van der Waals surface area contributed by atoms with Crippen LogP contribution in [0.2, 0.25) is 0 Å². The topological polar surface area (TPSA) is 54.2 Å². The van der Waals surface area contributed by atoms with E-state index >= 15 is 0 Å². The fraction of sp³-hybridized carbons (Fsp3) is 0.846. The summed E-state index contributed by atoms with van der Waals surface area (Å²) in [5, 5.41) is 10.1. The molecule has 1 N–H and O–H groups in total. The highest BCUT2D eigenvalue weighted by Crippen LogP contribution is 2.21. The van der Waals surface area contributed by atoms with Gasteiger partial charge in [-0.25, -0.2) is 4.99 Å². The van der Waals surface area contributed by atoms with Crippen molar-refractivity contribution < 1.29 is 9.84 Å². The zero-order valence-electron chi connectivity index (χ0n) is 11.6. The molecule has 4 nitrogen and oxygen atoms in total. The first-order chi connectivity index (χ1) is 7.88. The maximum atomic E-state index is 10.1. The van der Waals surface area contributed by atoms with Crippen molar-refractivity contribution in [2.45, 2.75) is 52.8 Å². The summed E-state index contributed by atoms with van der Waals surface area (Å²) in [5.74, 6) is 1.07. The minimum absolute atomic E-state index is 0.0700. The van der Waals surface area contributed by atoms with Gasteiger partial charge in [0.2, 0.25) is 5.90 Å². The number of aliphatic imine (C=N–C) groups is 2. The van der Waals surface area contributed by atoms with Crippen molar-refractivity contribution in [3.8, 4) is 0 Å². The van der Waals surface area contributed by atoms with Crippen LogP contribution in [0.5, 0.6) is 0 Å². The Labute approximate surface area is 104 Å². The molecule has 4 heteroatoms. The van der Waals surface area contributed by atoms with Crippen LogP contribution >= 0.6 is 0 Å². The van der Waals surface area contributed by atoms with Crippen molar-refractivity contribution in [1.82, 2.24) is 0 Å². The van der Waals surface area contributed by atoms with Crippen molar-refractivity contribution in [2.75, 3.05) is 7.11 Å². The Morgan fingerprint density at radius 2 is 1.71 bits per heavy atom. The van der Waals surface area contributed by atoms with Gasteiger partial charge in [0.25, 0.3) is 0 Å². The van der Waals surface area contributed by atoms with Gasteiger partial charge in [0, 0.05) is 5.71 Å². The molecule has 98 valence electrons. The lowest BCUT2D eigenvalue weighted by Gasteiger charge is -2.30. The molecular formula is C13H24N2O2. The maximum Gasteiger partial charge on any atom is 0.211 e. The average molecular weight is 240 g/mol. The molecule has 0 spiro atoms. The van der Waals surface area contributed by atoms with Crippen LogP contribution in [0.3, 0.4) is 0 Å². The third-order valence-electron chi connectivity index (χ3n) is 3.14. The Kier molecular flexibility index (Phi) is 4.69. The molecule has 0 fully saturated rings. The second-order valence-electron chi connectivity index (χ2n) is 5.31. The Morgan fingerprint density at radius 1 is 1.12 bits per heavy atom. The molecule has 0 saturated carbocycles. The van der Waals surface area contributed by atoms with Crippen molar-refractivity contribution in [2.24, 2.45) is 21.8 Å². The lowest BCUT2D eigenvalue weighted by Crippen LogP contribution is -2.43. The average Bonchev–Trinajstić information content (AvgIpc) is 2.27. The van der Waals surface area contributed by atoms with Crippen molar-refractivity contribution in [3.05, 3.63) is 0 Å². The van der Waals surface area contributed by atoms with E-state index in [1.165, 1.54) is 0 Å². The second kappa shape index (κ2) is 5.63.